The van der Waals surface area contributed by atoms with Crippen molar-refractivity contribution in [3.63, 3.8) is 0 Å². The number of hydrogen-bond donors (Lipinski definition) is 0. The van der Waals surface area contributed by atoms with Crippen molar-refractivity contribution in [3.05, 3.63) is 23.0 Å². The zero-order valence-corrected chi connectivity index (χ0v) is 15.0. The topological polar surface area (TPSA) is 58.6 Å². The van der Waals surface area contributed by atoms with Gasteiger partial charge in [-0.15, -0.1) is 5.10 Å². The first-order valence-corrected chi connectivity index (χ1v) is 8.28. The second-order valence-corrected chi connectivity index (χ2v) is 7.40. The molecule has 1 aliphatic rings. The van der Waals surface area contributed by atoms with Gasteiger partial charge in [0.25, 0.3) is 0 Å². The number of ether oxygens (including phenoxy) is 1. The minimum absolute atomic E-state index is 0.176. The molecule has 2 rings (SSSR count). The Morgan fingerprint density at radius 1 is 1.43 bits per heavy atom. The summed E-state index contributed by atoms with van der Waals surface area (Å²) in [6, 6.07) is 3.78. The molecule has 6 nitrogen and oxygen atoms in total. The van der Waals surface area contributed by atoms with Crippen LogP contribution in [-0.4, -0.2) is 57.9 Å². The summed E-state index contributed by atoms with van der Waals surface area (Å²) in [5.41, 5.74) is 0.397. The molecule has 0 aliphatic carbocycles. The van der Waals surface area contributed by atoms with Crippen LogP contribution in [0, 0.1) is 0 Å². The number of aromatic nitrogens is 2. The lowest BCUT2D eigenvalue weighted by Crippen LogP contribution is -2.44. The molecule has 7 heteroatoms. The highest BCUT2D eigenvalue weighted by molar-refractivity contribution is 6.29. The lowest BCUT2D eigenvalue weighted by atomic mass is 10.2. The van der Waals surface area contributed by atoms with Crippen molar-refractivity contribution >= 4 is 17.7 Å². The van der Waals surface area contributed by atoms with Gasteiger partial charge in [0, 0.05) is 25.7 Å². The summed E-state index contributed by atoms with van der Waals surface area (Å²) < 4.78 is 5.50. The number of hydrogen-bond acceptors (Lipinski definition) is 5. The van der Waals surface area contributed by atoms with Gasteiger partial charge in [-0.05, 0) is 52.8 Å². The van der Waals surface area contributed by atoms with Gasteiger partial charge in [0.1, 0.15) is 5.60 Å². The van der Waals surface area contributed by atoms with Crippen LogP contribution >= 0.6 is 11.6 Å². The van der Waals surface area contributed by atoms with Gasteiger partial charge in [0.05, 0.1) is 5.69 Å². The molecule has 1 atom stereocenters. The van der Waals surface area contributed by atoms with Crippen LogP contribution in [0.2, 0.25) is 5.15 Å². The Bertz CT molecular complexity index is 530. The van der Waals surface area contributed by atoms with Crippen LogP contribution in [0.3, 0.4) is 0 Å². The average molecular weight is 341 g/mol. The first-order valence-electron chi connectivity index (χ1n) is 7.91. The van der Waals surface area contributed by atoms with E-state index in [2.05, 4.69) is 15.1 Å². The Labute approximate surface area is 142 Å². The van der Waals surface area contributed by atoms with E-state index in [1.807, 2.05) is 38.8 Å². The molecule has 1 aromatic heterocycles. The molecule has 1 amide bonds. The van der Waals surface area contributed by atoms with Crippen molar-refractivity contribution in [2.75, 3.05) is 20.1 Å². The Kier molecular flexibility index (Phi) is 5.81. The molecule has 1 saturated heterocycles. The van der Waals surface area contributed by atoms with E-state index in [-0.39, 0.29) is 12.1 Å². The van der Waals surface area contributed by atoms with Gasteiger partial charge in [-0.1, -0.05) is 11.6 Å². The fraction of sp³-hybridized carbons (Fsp3) is 0.688. The van der Waals surface area contributed by atoms with Gasteiger partial charge in [0.15, 0.2) is 5.15 Å². The maximum Gasteiger partial charge on any atom is 0.410 e. The predicted octanol–water partition coefficient (Wildman–Crippen LogP) is 2.96. The lowest BCUT2D eigenvalue weighted by molar-refractivity contribution is 0.0201. The highest BCUT2D eigenvalue weighted by Crippen LogP contribution is 2.21. The molecular weight excluding hydrogens is 316 g/mol. The highest BCUT2D eigenvalue weighted by Gasteiger charge is 2.32. The molecule has 2 heterocycles. The van der Waals surface area contributed by atoms with Gasteiger partial charge >= 0.3 is 6.09 Å². The molecule has 1 aromatic rings. The van der Waals surface area contributed by atoms with Crippen LogP contribution in [0.4, 0.5) is 4.79 Å². The molecule has 0 spiro atoms. The minimum atomic E-state index is -0.463. The first-order chi connectivity index (χ1) is 10.7. The fourth-order valence-electron chi connectivity index (χ4n) is 2.72. The molecule has 1 fully saturated rings. The fourth-order valence-corrected chi connectivity index (χ4v) is 2.82. The molecule has 0 saturated carbocycles. The van der Waals surface area contributed by atoms with E-state index in [4.69, 9.17) is 16.3 Å². The Morgan fingerprint density at radius 3 is 2.78 bits per heavy atom. The monoisotopic (exact) mass is 340 g/mol. The van der Waals surface area contributed by atoms with Crippen molar-refractivity contribution in [1.82, 2.24) is 20.0 Å². The predicted molar refractivity (Wildman–Crippen MR) is 89.3 cm³/mol. The molecular formula is C16H25ClN4O2. The van der Waals surface area contributed by atoms with Gasteiger partial charge in [-0.3, -0.25) is 4.90 Å². The van der Waals surface area contributed by atoms with Crippen molar-refractivity contribution < 1.29 is 9.53 Å². The number of halogens is 1. The zero-order valence-electron chi connectivity index (χ0n) is 14.3. The Morgan fingerprint density at radius 2 is 2.17 bits per heavy atom. The van der Waals surface area contributed by atoms with E-state index >= 15 is 0 Å². The maximum atomic E-state index is 12.3. The summed E-state index contributed by atoms with van der Waals surface area (Å²) in [6.45, 7) is 7.88. The summed E-state index contributed by atoms with van der Waals surface area (Å²) in [7, 11) is 2.02. The van der Waals surface area contributed by atoms with Crippen LogP contribution in [0.1, 0.15) is 39.3 Å². The number of likely N-dealkylation sites (tertiary alicyclic amines) is 1. The smallest absolute Gasteiger partial charge is 0.410 e. The standard InChI is InChI=1S/C16H25ClN4O2/c1-16(2,3)23-15(22)21-9-5-6-13(21)11-20(4)10-12-7-8-14(17)19-18-12/h7-8,13H,5-6,9-11H2,1-4H3. The summed E-state index contributed by atoms with van der Waals surface area (Å²) in [4.78, 5) is 16.3. The van der Waals surface area contributed by atoms with Crippen LogP contribution in [-0.2, 0) is 11.3 Å². The molecule has 0 N–H and O–H groups in total. The van der Waals surface area contributed by atoms with E-state index in [1.54, 1.807) is 6.07 Å². The number of carbonyl (C=O) groups is 1. The van der Waals surface area contributed by atoms with E-state index < -0.39 is 5.60 Å². The van der Waals surface area contributed by atoms with Gasteiger partial charge < -0.3 is 9.64 Å². The molecule has 0 radical (unpaired) electrons. The van der Waals surface area contributed by atoms with Gasteiger partial charge in [-0.2, -0.15) is 5.10 Å². The molecule has 0 aromatic carbocycles. The molecule has 1 unspecified atom stereocenters. The number of nitrogens with zero attached hydrogens (tertiary/aromatic N) is 4. The van der Waals surface area contributed by atoms with Crippen LogP contribution in [0.25, 0.3) is 0 Å². The lowest BCUT2D eigenvalue weighted by Gasteiger charge is -2.30. The number of rotatable bonds is 4. The third-order valence-corrected chi connectivity index (χ3v) is 3.85. The van der Waals surface area contributed by atoms with Gasteiger partial charge in [-0.25, -0.2) is 4.79 Å². The second-order valence-electron chi connectivity index (χ2n) is 7.01. The Balaban J connectivity index is 1.90. The normalized spacial score (nSPS) is 18.5. The summed E-state index contributed by atoms with van der Waals surface area (Å²) >= 11 is 5.75. The number of carbonyl (C=O) groups excluding carboxylic acids is 1. The zero-order chi connectivity index (χ0) is 17.0. The Hall–Kier alpha value is -1.40. The van der Waals surface area contributed by atoms with E-state index in [9.17, 15) is 4.79 Å². The summed E-state index contributed by atoms with van der Waals surface area (Å²) in [6.07, 6.45) is 1.79. The quantitative estimate of drug-likeness (QED) is 0.843. The highest BCUT2D eigenvalue weighted by atomic mass is 35.5. The van der Waals surface area contributed by atoms with E-state index in [0.29, 0.717) is 11.7 Å². The molecule has 0 bridgehead atoms. The van der Waals surface area contributed by atoms with Gasteiger partial charge in [0.2, 0.25) is 0 Å². The number of likely N-dealkylation sites (N-methyl/N-ethyl adjacent to an activating group) is 1. The summed E-state index contributed by atoms with van der Waals surface area (Å²) in [5.74, 6) is 0. The van der Waals surface area contributed by atoms with Crippen LogP contribution < -0.4 is 0 Å². The first kappa shape index (κ1) is 17.9. The largest absolute Gasteiger partial charge is 0.444 e. The van der Waals surface area contributed by atoms with Crippen molar-refractivity contribution in [2.24, 2.45) is 0 Å². The summed E-state index contributed by atoms with van der Waals surface area (Å²) in [5, 5.41) is 8.31. The van der Waals surface area contributed by atoms with Crippen LogP contribution in [0.15, 0.2) is 12.1 Å². The van der Waals surface area contributed by atoms with E-state index in [1.165, 1.54) is 0 Å². The SMILES string of the molecule is CN(Cc1ccc(Cl)nn1)CC1CCCN1C(=O)OC(C)(C)C. The third kappa shape index (κ3) is 5.62. The third-order valence-electron chi connectivity index (χ3n) is 3.65. The molecule has 128 valence electrons. The average Bonchev–Trinajstić information content (AvgIpc) is 2.87. The molecule has 1 aliphatic heterocycles. The van der Waals surface area contributed by atoms with Crippen molar-refractivity contribution in [1.29, 1.82) is 0 Å². The van der Waals surface area contributed by atoms with E-state index in [0.717, 1.165) is 31.6 Å². The number of amides is 1. The van der Waals surface area contributed by atoms with Crippen molar-refractivity contribution in [2.45, 2.75) is 51.8 Å². The van der Waals surface area contributed by atoms with Crippen molar-refractivity contribution in [3.8, 4) is 0 Å². The molecule has 23 heavy (non-hydrogen) atoms. The van der Waals surface area contributed by atoms with Crippen LogP contribution in [0.5, 0.6) is 0 Å². The minimum Gasteiger partial charge on any atom is -0.444 e. The maximum absolute atomic E-state index is 12.3. The second kappa shape index (κ2) is 7.45.